The van der Waals surface area contributed by atoms with Gasteiger partial charge < -0.3 is 10.1 Å². The molecule has 1 aliphatic heterocycles. The average Bonchev–Trinajstić information content (AvgIpc) is 2.35. The van der Waals surface area contributed by atoms with Crippen LogP contribution in [0.25, 0.3) is 0 Å². The smallest absolute Gasteiger partial charge is 0.124 e. The highest BCUT2D eigenvalue weighted by Gasteiger charge is 2.26. The molecule has 3 heteroatoms. The molecule has 0 fully saturated rings. The number of halogens is 1. The molecule has 2 rings (SSSR count). The normalized spacial score (nSPS) is 23.0. The summed E-state index contributed by atoms with van der Waals surface area (Å²) in [6, 6.07) is 6.69. The number of benzene rings is 1. The number of nitrogens with one attached hydrogen (secondary N) is 1. The van der Waals surface area contributed by atoms with E-state index in [-0.39, 0.29) is 0 Å². The first-order valence-electron chi connectivity index (χ1n) is 6.38. The minimum absolute atomic E-state index is 0.362. The zero-order valence-electron chi connectivity index (χ0n) is 10.5. The van der Waals surface area contributed by atoms with Gasteiger partial charge in [-0.3, -0.25) is 0 Å². The Morgan fingerprint density at radius 2 is 2.29 bits per heavy atom. The van der Waals surface area contributed by atoms with Gasteiger partial charge in [-0.2, -0.15) is 0 Å². The lowest BCUT2D eigenvalue weighted by Gasteiger charge is -2.32. The van der Waals surface area contributed by atoms with Gasteiger partial charge in [0.1, 0.15) is 11.9 Å². The van der Waals surface area contributed by atoms with Crippen LogP contribution in [-0.4, -0.2) is 13.2 Å². The van der Waals surface area contributed by atoms with E-state index in [0.717, 1.165) is 23.1 Å². The van der Waals surface area contributed by atoms with E-state index in [1.54, 1.807) is 0 Å². The summed E-state index contributed by atoms with van der Waals surface area (Å²) in [7, 11) is 2.03. The van der Waals surface area contributed by atoms with Crippen molar-refractivity contribution in [3.8, 4) is 5.75 Å². The third kappa shape index (κ3) is 3.02. The average molecular weight is 298 g/mol. The molecule has 1 aromatic carbocycles. The number of unbranched alkanes of at least 4 members (excludes halogenated alkanes) is 1. The maximum Gasteiger partial charge on any atom is 0.124 e. The zero-order valence-corrected chi connectivity index (χ0v) is 12.1. The Kier molecular flexibility index (Phi) is 4.46. The molecular weight excluding hydrogens is 278 g/mol. The summed E-state index contributed by atoms with van der Waals surface area (Å²) in [5.74, 6) is 1.04. The van der Waals surface area contributed by atoms with Crippen LogP contribution in [0.4, 0.5) is 0 Å². The molecule has 1 aromatic rings. The van der Waals surface area contributed by atoms with Crippen LogP contribution in [0.3, 0.4) is 0 Å². The van der Waals surface area contributed by atoms with Crippen molar-refractivity contribution in [2.45, 2.75) is 44.8 Å². The van der Waals surface area contributed by atoms with E-state index in [1.807, 2.05) is 13.1 Å². The first-order chi connectivity index (χ1) is 8.24. The lowest BCUT2D eigenvalue weighted by atomic mass is 9.94. The molecule has 0 aromatic heterocycles. The van der Waals surface area contributed by atoms with Crippen LogP contribution in [0, 0.1) is 0 Å². The predicted octanol–water partition coefficient (Wildman–Crippen LogP) is 4.05. The molecule has 0 radical (unpaired) electrons. The molecular formula is C14H20BrNO. The summed E-state index contributed by atoms with van der Waals surface area (Å²) in [6.07, 6.45) is 5.06. The van der Waals surface area contributed by atoms with Gasteiger partial charge in [0.25, 0.3) is 0 Å². The number of hydrogen-bond donors (Lipinski definition) is 1. The van der Waals surface area contributed by atoms with Crippen molar-refractivity contribution in [3.63, 3.8) is 0 Å². The second kappa shape index (κ2) is 5.87. The molecule has 17 heavy (non-hydrogen) atoms. The van der Waals surface area contributed by atoms with Crippen molar-refractivity contribution >= 4 is 15.9 Å². The largest absolute Gasteiger partial charge is 0.490 e. The molecule has 1 aliphatic rings. The Morgan fingerprint density at radius 3 is 3.00 bits per heavy atom. The monoisotopic (exact) mass is 297 g/mol. The lowest BCUT2D eigenvalue weighted by molar-refractivity contribution is 0.140. The van der Waals surface area contributed by atoms with Crippen LogP contribution < -0.4 is 10.1 Å². The van der Waals surface area contributed by atoms with Crippen molar-refractivity contribution in [1.82, 2.24) is 5.32 Å². The topological polar surface area (TPSA) is 21.3 Å². The SMILES string of the molecule is CCCCC1CC(NC)c2cc(Br)ccc2O1. The summed E-state index contributed by atoms with van der Waals surface area (Å²) in [5.41, 5.74) is 1.27. The summed E-state index contributed by atoms with van der Waals surface area (Å²) < 4.78 is 7.18. The highest BCUT2D eigenvalue weighted by atomic mass is 79.9. The molecule has 0 amide bonds. The number of hydrogen-bond acceptors (Lipinski definition) is 2. The van der Waals surface area contributed by atoms with Gasteiger partial charge >= 0.3 is 0 Å². The van der Waals surface area contributed by atoms with Crippen molar-refractivity contribution in [2.24, 2.45) is 0 Å². The van der Waals surface area contributed by atoms with Gasteiger partial charge in [0, 0.05) is 22.5 Å². The minimum atomic E-state index is 0.362. The first kappa shape index (κ1) is 12.9. The molecule has 0 spiro atoms. The van der Waals surface area contributed by atoms with E-state index in [9.17, 15) is 0 Å². The van der Waals surface area contributed by atoms with Crippen LogP contribution in [0.15, 0.2) is 22.7 Å². The summed E-state index contributed by atoms with van der Waals surface area (Å²) in [5, 5.41) is 3.39. The molecule has 0 saturated heterocycles. The van der Waals surface area contributed by atoms with Crippen molar-refractivity contribution < 1.29 is 4.74 Å². The van der Waals surface area contributed by atoms with Crippen LogP contribution in [0.1, 0.15) is 44.2 Å². The molecule has 2 atom stereocenters. The standard InChI is InChI=1S/C14H20BrNO/c1-3-4-5-11-9-13(16-2)12-8-10(15)6-7-14(12)17-11/h6-8,11,13,16H,3-5,9H2,1-2H3. The molecule has 1 N–H and O–H groups in total. The molecule has 0 aliphatic carbocycles. The molecule has 2 nitrogen and oxygen atoms in total. The Labute approximate surface area is 112 Å². The predicted molar refractivity (Wildman–Crippen MR) is 74.5 cm³/mol. The molecule has 0 bridgehead atoms. The van der Waals surface area contributed by atoms with E-state index in [1.165, 1.54) is 18.4 Å². The molecule has 0 saturated carbocycles. The summed E-state index contributed by atoms with van der Waals surface area (Å²) >= 11 is 3.52. The summed E-state index contributed by atoms with van der Waals surface area (Å²) in [6.45, 7) is 2.23. The van der Waals surface area contributed by atoms with E-state index >= 15 is 0 Å². The van der Waals surface area contributed by atoms with Gasteiger partial charge in [0.2, 0.25) is 0 Å². The summed E-state index contributed by atoms with van der Waals surface area (Å²) in [4.78, 5) is 0. The van der Waals surface area contributed by atoms with E-state index in [0.29, 0.717) is 12.1 Å². The molecule has 2 unspecified atom stereocenters. The molecule has 94 valence electrons. The van der Waals surface area contributed by atoms with Gasteiger partial charge in [-0.15, -0.1) is 0 Å². The second-order valence-electron chi connectivity index (χ2n) is 4.64. The Balaban J connectivity index is 2.17. The van der Waals surface area contributed by atoms with Gasteiger partial charge in [0.05, 0.1) is 0 Å². The lowest BCUT2D eigenvalue weighted by Crippen LogP contribution is -2.31. The highest BCUT2D eigenvalue weighted by molar-refractivity contribution is 9.10. The third-order valence-corrected chi connectivity index (χ3v) is 3.86. The van der Waals surface area contributed by atoms with Gasteiger partial charge in [0.15, 0.2) is 0 Å². The highest BCUT2D eigenvalue weighted by Crippen LogP contribution is 2.37. The van der Waals surface area contributed by atoms with E-state index < -0.39 is 0 Å². The Morgan fingerprint density at radius 1 is 1.47 bits per heavy atom. The van der Waals surface area contributed by atoms with Crippen molar-refractivity contribution in [3.05, 3.63) is 28.2 Å². The number of fused-ring (bicyclic) bond motifs is 1. The van der Waals surface area contributed by atoms with E-state index in [4.69, 9.17) is 4.74 Å². The fourth-order valence-electron chi connectivity index (χ4n) is 2.40. The second-order valence-corrected chi connectivity index (χ2v) is 5.56. The van der Waals surface area contributed by atoms with Crippen molar-refractivity contribution in [1.29, 1.82) is 0 Å². The number of ether oxygens (including phenoxy) is 1. The van der Waals surface area contributed by atoms with E-state index in [2.05, 4.69) is 40.3 Å². The first-order valence-corrected chi connectivity index (χ1v) is 7.17. The Hall–Kier alpha value is -0.540. The fourth-order valence-corrected chi connectivity index (χ4v) is 2.78. The van der Waals surface area contributed by atoms with Crippen LogP contribution in [-0.2, 0) is 0 Å². The van der Waals surface area contributed by atoms with Crippen molar-refractivity contribution in [2.75, 3.05) is 7.05 Å². The number of rotatable bonds is 4. The fraction of sp³-hybridized carbons (Fsp3) is 0.571. The van der Waals surface area contributed by atoms with Gasteiger partial charge in [-0.1, -0.05) is 35.7 Å². The minimum Gasteiger partial charge on any atom is -0.490 e. The maximum atomic E-state index is 6.06. The molecule has 1 heterocycles. The van der Waals surface area contributed by atoms with Crippen LogP contribution in [0.2, 0.25) is 0 Å². The maximum absolute atomic E-state index is 6.06. The quantitative estimate of drug-likeness (QED) is 0.905. The van der Waals surface area contributed by atoms with Gasteiger partial charge in [-0.25, -0.2) is 0 Å². The van der Waals surface area contributed by atoms with Crippen LogP contribution >= 0.6 is 15.9 Å². The third-order valence-electron chi connectivity index (χ3n) is 3.37. The van der Waals surface area contributed by atoms with Gasteiger partial charge in [-0.05, 0) is 31.7 Å². The Bertz CT molecular complexity index is 380. The zero-order chi connectivity index (χ0) is 12.3. The van der Waals surface area contributed by atoms with Crippen LogP contribution in [0.5, 0.6) is 5.75 Å².